The van der Waals surface area contributed by atoms with Crippen LogP contribution in [0.1, 0.15) is 23.9 Å². The third-order valence-electron chi connectivity index (χ3n) is 4.71. The molecule has 0 N–H and O–H groups in total. The number of hydrogen-bond acceptors (Lipinski definition) is 4. The molecule has 0 spiro atoms. The topological polar surface area (TPSA) is 60.5 Å². The maximum atomic E-state index is 12.4. The van der Waals surface area contributed by atoms with Crippen molar-refractivity contribution in [3.05, 3.63) is 54.2 Å². The summed E-state index contributed by atoms with van der Waals surface area (Å²) >= 11 is 0. The van der Waals surface area contributed by atoms with Gasteiger partial charge in [-0.1, -0.05) is 12.1 Å². The largest absolute Gasteiger partial charge is 0.467 e. The molecule has 0 bridgehead atoms. The highest BCUT2D eigenvalue weighted by molar-refractivity contribution is 5.80. The Balaban J connectivity index is 1.62. The lowest BCUT2D eigenvalue weighted by molar-refractivity contribution is -0.128. The molecule has 3 heterocycles. The molecule has 3 aromatic rings. The van der Waals surface area contributed by atoms with E-state index in [9.17, 15) is 4.79 Å². The summed E-state index contributed by atoms with van der Waals surface area (Å²) < 4.78 is 12.8. The normalized spacial score (nSPS) is 17.7. The quantitative estimate of drug-likeness (QED) is 0.693. The van der Waals surface area contributed by atoms with Crippen molar-refractivity contribution >= 4 is 16.9 Å². The van der Waals surface area contributed by atoms with Gasteiger partial charge in [-0.25, -0.2) is 4.98 Å². The summed E-state index contributed by atoms with van der Waals surface area (Å²) in [5.41, 5.74) is 2.05. The maximum Gasteiger partial charge on any atom is 0.223 e. The molecule has 1 amide bonds. The summed E-state index contributed by atoms with van der Waals surface area (Å²) in [4.78, 5) is 19.1. The summed E-state index contributed by atoms with van der Waals surface area (Å²) in [6.07, 6.45) is 2.12. The molecule has 25 heavy (non-hydrogen) atoms. The van der Waals surface area contributed by atoms with Gasteiger partial charge in [0.25, 0.3) is 0 Å². The Morgan fingerprint density at radius 3 is 2.96 bits per heavy atom. The Hall–Kier alpha value is -2.60. The molecule has 1 aliphatic heterocycles. The number of ether oxygens (including phenoxy) is 1. The van der Waals surface area contributed by atoms with Crippen molar-refractivity contribution in [3.8, 4) is 0 Å². The van der Waals surface area contributed by atoms with Crippen LogP contribution in [0.15, 0.2) is 47.1 Å². The zero-order valence-electron chi connectivity index (χ0n) is 14.2. The minimum Gasteiger partial charge on any atom is -0.467 e. The second kappa shape index (κ2) is 6.72. The first kappa shape index (κ1) is 15.9. The van der Waals surface area contributed by atoms with Gasteiger partial charge in [-0.3, -0.25) is 4.79 Å². The summed E-state index contributed by atoms with van der Waals surface area (Å²) in [7, 11) is 1.70. The fraction of sp³-hybridized carbons (Fsp3) is 0.368. The highest BCUT2D eigenvalue weighted by atomic mass is 16.5. The van der Waals surface area contributed by atoms with Crippen LogP contribution in [0.4, 0.5) is 0 Å². The van der Waals surface area contributed by atoms with Gasteiger partial charge in [-0.15, -0.1) is 0 Å². The highest BCUT2D eigenvalue weighted by Gasteiger charge is 2.34. The van der Waals surface area contributed by atoms with E-state index in [4.69, 9.17) is 14.1 Å². The monoisotopic (exact) mass is 339 g/mol. The van der Waals surface area contributed by atoms with Crippen molar-refractivity contribution in [1.29, 1.82) is 0 Å². The third-order valence-corrected chi connectivity index (χ3v) is 4.71. The van der Waals surface area contributed by atoms with Crippen molar-refractivity contribution in [1.82, 2.24) is 14.5 Å². The fourth-order valence-electron chi connectivity index (χ4n) is 3.51. The summed E-state index contributed by atoms with van der Waals surface area (Å²) in [5.74, 6) is 2.01. The number of carbonyl (C=O) groups excluding carboxylic acids is 1. The number of aromatic nitrogens is 2. The number of benzene rings is 1. The molecule has 1 aromatic carbocycles. The van der Waals surface area contributed by atoms with Gasteiger partial charge < -0.3 is 18.6 Å². The van der Waals surface area contributed by atoms with E-state index in [0.717, 1.165) is 29.2 Å². The number of furan rings is 1. The minimum atomic E-state index is 0.0896. The van der Waals surface area contributed by atoms with Gasteiger partial charge in [-0.2, -0.15) is 0 Å². The second-order valence-corrected chi connectivity index (χ2v) is 6.36. The second-order valence-electron chi connectivity index (χ2n) is 6.36. The van der Waals surface area contributed by atoms with Gasteiger partial charge in [0.2, 0.25) is 5.91 Å². The van der Waals surface area contributed by atoms with E-state index >= 15 is 0 Å². The van der Waals surface area contributed by atoms with E-state index in [1.165, 1.54) is 0 Å². The summed E-state index contributed by atoms with van der Waals surface area (Å²) in [6, 6.07) is 11.8. The van der Waals surface area contributed by atoms with Crippen LogP contribution in [0, 0.1) is 0 Å². The van der Waals surface area contributed by atoms with Crippen molar-refractivity contribution in [2.24, 2.45) is 0 Å². The minimum absolute atomic E-state index is 0.0896. The number of imidazole rings is 1. The number of hydrogen-bond donors (Lipinski definition) is 0. The van der Waals surface area contributed by atoms with Crippen molar-refractivity contribution in [3.63, 3.8) is 0 Å². The average Bonchev–Trinajstić information content (AvgIpc) is 3.33. The third kappa shape index (κ3) is 3.05. The first-order valence-electron chi connectivity index (χ1n) is 8.50. The van der Waals surface area contributed by atoms with E-state index in [1.54, 1.807) is 13.4 Å². The number of fused-ring (bicyclic) bond motifs is 1. The van der Waals surface area contributed by atoms with Crippen molar-refractivity contribution in [2.75, 3.05) is 20.3 Å². The van der Waals surface area contributed by atoms with Gasteiger partial charge in [-0.05, 0) is 24.3 Å². The predicted octanol–water partition coefficient (Wildman–Crippen LogP) is 2.79. The van der Waals surface area contributed by atoms with Crippen LogP contribution in [0.3, 0.4) is 0 Å². The lowest BCUT2D eigenvalue weighted by Gasteiger charge is -2.16. The number of amides is 1. The van der Waals surface area contributed by atoms with Crippen LogP contribution < -0.4 is 0 Å². The molecule has 130 valence electrons. The molecule has 1 saturated heterocycles. The van der Waals surface area contributed by atoms with Crippen LogP contribution in [0.25, 0.3) is 11.0 Å². The van der Waals surface area contributed by atoms with Gasteiger partial charge in [0.1, 0.15) is 11.6 Å². The molecule has 0 aliphatic carbocycles. The fourth-order valence-corrected chi connectivity index (χ4v) is 3.51. The van der Waals surface area contributed by atoms with Gasteiger partial charge >= 0.3 is 0 Å². The molecule has 1 unspecified atom stereocenters. The SMILES string of the molecule is COCCn1c(C2CC(=O)N(Cc3ccco3)C2)nc2ccccc21. The Bertz CT molecular complexity index is 869. The van der Waals surface area contributed by atoms with E-state index < -0.39 is 0 Å². The number of para-hydroxylation sites is 2. The van der Waals surface area contributed by atoms with Gasteiger partial charge in [0.05, 0.1) is 30.4 Å². The molecular weight excluding hydrogens is 318 g/mol. The molecule has 6 nitrogen and oxygen atoms in total. The predicted molar refractivity (Wildman–Crippen MR) is 93.1 cm³/mol. The molecule has 6 heteroatoms. The number of methoxy groups -OCH3 is 1. The molecule has 1 fully saturated rings. The Labute approximate surface area is 146 Å². The first-order valence-corrected chi connectivity index (χ1v) is 8.50. The first-order chi connectivity index (χ1) is 12.3. The smallest absolute Gasteiger partial charge is 0.223 e. The van der Waals surface area contributed by atoms with Crippen LogP contribution in [-0.4, -0.2) is 40.6 Å². The average molecular weight is 339 g/mol. The van der Waals surface area contributed by atoms with Crippen LogP contribution >= 0.6 is 0 Å². The van der Waals surface area contributed by atoms with E-state index in [0.29, 0.717) is 26.1 Å². The number of likely N-dealkylation sites (tertiary alicyclic amines) is 1. The van der Waals surface area contributed by atoms with Crippen LogP contribution in [0.2, 0.25) is 0 Å². The zero-order chi connectivity index (χ0) is 17.2. The number of carbonyl (C=O) groups is 1. The molecular formula is C19H21N3O3. The van der Waals surface area contributed by atoms with Gasteiger partial charge in [0.15, 0.2) is 0 Å². The molecule has 0 radical (unpaired) electrons. The summed E-state index contributed by atoms with van der Waals surface area (Å²) in [6.45, 7) is 2.52. The Kier molecular flexibility index (Phi) is 4.28. The van der Waals surface area contributed by atoms with Crippen LogP contribution in [-0.2, 0) is 22.6 Å². The lowest BCUT2D eigenvalue weighted by atomic mass is 10.1. The lowest BCUT2D eigenvalue weighted by Crippen LogP contribution is -2.24. The van der Waals surface area contributed by atoms with Crippen molar-refractivity contribution in [2.45, 2.75) is 25.4 Å². The van der Waals surface area contributed by atoms with E-state index in [-0.39, 0.29) is 11.8 Å². The molecule has 4 rings (SSSR count). The van der Waals surface area contributed by atoms with E-state index in [1.807, 2.05) is 35.2 Å². The van der Waals surface area contributed by atoms with Crippen molar-refractivity contribution < 1.29 is 13.9 Å². The zero-order valence-corrected chi connectivity index (χ0v) is 14.2. The number of rotatable bonds is 6. The van der Waals surface area contributed by atoms with E-state index in [2.05, 4.69) is 10.6 Å². The standard InChI is InChI=1S/C19H21N3O3/c1-24-10-8-22-17-7-3-2-6-16(17)20-19(22)14-11-18(23)21(12-14)13-15-5-4-9-25-15/h2-7,9,14H,8,10-13H2,1H3. The maximum absolute atomic E-state index is 12.4. The Morgan fingerprint density at radius 2 is 2.16 bits per heavy atom. The molecule has 0 saturated carbocycles. The highest BCUT2D eigenvalue weighted by Crippen LogP contribution is 2.31. The molecule has 1 atom stereocenters. The number of nitrogens with zero attached hydrogens (tertiary/aromatic N) is 3. The Morgan fingerprint density at radius 1 is 1.28 bits per heavy atom. The summed E-state index contributed by atoms with van der Waals surface area (Å²) in [5, 5.41) is 0. The van der Waals surface area contributed by atoms with Crippen LogP contribution in [0.5, 0.6) is 0 Å². The van der Waals surface area contributed by atoms with Gasteiger partial charge in [0, 0.05) is 32.5 Å². The molecule has 2 aromatic heterocycles. The molecule has 1 aliphatic rings.